The Morgan fingerprint density at radius 3 is 2.78 bits per heavy atom. The van der Waals surface area contributed by atoms with Gasteiger partial charge in [0.2, 0.25) is 0 Å². The van der Waals surface area contributed by atoms with E-state index in [1.54, 1.807) is 7.11 Å². The van der Waals surface area contributed by atoms with E-state index < -0.39 is 0 Å². The van der Waals surface area contributed by atoms with Crippen molar-refractivity contribution in [3.63, 3.8) is 0 Å². The number of aliphatic imine (C=N–C) groups is 1. The average Bonchev–Trinajstić information content (AvgIpc) is 3.18. The molecule has 0 saturated heterocycles. The molecule has 1 saturated carbocycles. The summed E-state index contributed by atoms with van der Waals surface area (Å²) in [5, 5.41) is 11.1. The van der Waals surface area contributed by atoms with Gasteiger partial charge in [0.1, 0.15) is 0 Å². The predicted octanol–water partition coefficient (Wildman–Crippen LogP) is 2.07. The molecule has 1 aliphatic rings. The first kappa shape index (κ1) is 17.8. The van der Waals surface area contributed by atoms with Crippen molar-refractivity contribution in [3.8, 4) is 0 Å². The van der Waals surface area contributed by atoms with Gasteiger partial charge in [-0.3, -0.25) is 4.68 Å². The quantitative estimate of drug-likeness (QED) is 0.568. The van der Waals surface area contributed by atoms with E-state index >= 15 is 0 Å². The molecule has 0 amide bonds. The summed E-state index contributed by atoms with van der Waals surface area (Å²) in [6.45, 7) is 5.40. The molecule has 0 atom stereocenters. The summed E-state index contributed by atoms with van der Waals surface area (Å²) in [5.41, 5.74) is 1.47. The van der Waals surface area contributed by atoms with Crippen LogP contribution in [0.5, 0.6) is 0 Å². The molecule has 0 bridgehead atoms. The van der Waals surface area contributed by atoms with Gasteiger partial charge in [0.05, 0.1) is 12.2 Å². The largest absolute Gasteiger partial charge is 0.385 e. The Morgan fingerprint density at radius 1 is 1.39 bits per heavy atom. The minimum Gasteiger partial charge on any atom is -0.385 e. The second-order valence-corrected chi connectivity index (χ2v) is 6.44. The highest BCUT2D eigenvalue weighted by Crippen LogP contribution is 2.40. The van der Waals surface area contributed by atoms with E-state index in [0.29, 0.717) is 12.0 Å². The van der Waals surface area contributed by atoms with Crippen molar-refractivity contribution >= 4 is 5.96 Å². The number of rotatable bonds is 8. The number of ether oxygens (including phenoxy) is 1. The molecule has 1 aliphatic carbocycles. The third-order valence-electron chi connectivity index (χ3n) is 4.80. The molecule has 2 rings (SSSR count). The first-order valence-electron chi connectivity index (χ1n) is 8.67. The highest BCUT2D eigenvalue weighted by Gasteiger charge is 2.33. The summed E-state index contributed by atoms with van der Waals surface area (Å²) in [7, 11) is 3.74. The van der Waals surface area contributed by atoms with Crippen molar-refractivity contribution in [1.29, 1.82) is 0 Å². The second kappa shape index (κ2) is 8.91. The SMILES string of the molecule is CCNC(=NCc1ccnn1C)NCC1(CCOC)CCCC1. The van der Waals surface area contributed by atoms with Gasteiger partial charge in [0.15, 0.2) is 5.96 Å². The molecule has 1 aromatic heterocycles. The number of aromatic nitrogens is 2. The summed E-state index contributed by atoms with van der Waals surface area (Å²) >= 11 is 0. The first-order valence-corrected chi connectivity index (χ1v) is 8.67. The third kappa shape index (κ3) is 5.23. The maximum absolute atomic E-state index is 5.31. The molecule has 0 aliphatic heterocycles. The van der Waals surface area contributed by atoms with Crippen LogP contribution in [0, 0.1) is 5.41 Å². The van der Waals surface area contributed by atoms with Gasteiger partial charge in [-0.2, -0.15) is 5.10 Å². The van der Waals surface area contributed by atoms with Crippen molar-refractivity contribution in [1.82, 2.24) is 20.4 Å². The standard InChI is InChI=1S/C17H31N5O/c1-4-18-16(19-13-15-7-11-21-22(15)2)20-14-17(10-12-23-3)8-5-6-9-17/h7,11H,4-6,8-10,12-14H2,1-3H3,(H2,18,19,20). The molecule has 6 heteroatoms. The van der Waals surface area contributed by atoms with E-state index in [9.17, 15) is 0 Å². The van der Waals surface area contributed by atoms with Crippen LogP contribution in [0.3, 0.4) is 0 Å². The zero-order valence-electron chi connectivity index (χ0n) is 14.8. The van der Waals surface area contributed by atoms with Crippen LogP contribution in [0.15, 0.2) is 17.3 Å². The van der Waals surface area contributed by atoms with Crippen LogP contribution in [0.1, 0.15) is 44.7 Å². The van der Waals surface area contributed by atoms with Gasteiger partial charge in [-0.1, -0.05) is 12.8 Å². The fourth-order valence-corrected chi connectivity index (χ4v) is 3.29. The Morgan fingerprint density at radius 2 is 2.17 bits per heavy atom. The summed E-state index contributed by atoms with van der Waals surface area (Å²) in [5.74, 6) is 0.886. The van der Waals surface area contributed by atoms with Gasteiger partial charge in [-0.25, -0.2) is 4.99 Å². The van der Waals surface area contributed by atoms with E-state index in [0.717, 1.165) is 37.8 Å². The van der Waals surface area contributed by atoms with Gasteiger partial charge in [0.25, 0.3) is 0 Å². The number of hydrogen-bond donors (Lipinski definition) is 2. The Balaban J connectivity index is 1.93. The lowest BCUT2D eigenvalue weighted by molar-refractivity contribution is 0.138. The fourth-order valence-electron chi connectivity index (χ4n) is 3.29. The number of nitrogens with zero attached hydrogens (tertiary/aromatic N) is 3. The van der Waals surface area contributed by atoms with Gasteiger partial charge >= 0.3 is 0 Å². The zero-order chi connectivity index (χ0) is 16.5. The van der Waals surface area contributed by atoms with Crippen LogP contribution < -0.4 is 10.6 Å². The van der Waals surface area contributed by atoms with Crippen molar-refractivity contribution < 1.29 is 4.74 Å². The fraction of sp³-hybridized carbons (Fsp3) is 0.765. The molecule has 1 aromatic rings. The molecule has 0 unspecified atom stereocenters. The molecule has 130 valence electrons. The minimum absolute atomic E-state index is 0.360. The summed E-state index contributed by atoms with van der Waals surface area (Å²) in [6.07, 6.45) is 8.15. The van der Waals surface area contributed by atoms with E-state index in [2.05, 4.69) is 22.7 Å². The second-order valence-electron chi connectivity index (χ2n) is 6.44. The highest BCUT2D eigenvalue weighted by molar-refractivity contribution is 5.79. The van der Waals surface area contributed by atoms with Crippen LogP contribution in [0.4, 0.5) is 0 Å². The number of hydrogen-bond acceptors (Lipinski definition) is 3. The molecular formula is C17H31N5O. The molecule has 1 heterocycles. The van der Waals surface area contributed by atoms with Crippen LogP contribution >= 0.6 is 0 Å². The molecule has 0 spiro atoms. The van der Waals surface area contributed by atoms with Gasteiger partial charge in [-0.05, 0) is 37.7 Å². The highest BCUT2D eigenvalue weighted by atomic mass is 16.5. The molecule has 23 heavy (non-hydrogen) atoms. The van der Waals surface area contributed by atoms with E-state index in [1.807, 2.05) is 24.0 Å². The minimum atomic E-state index is 0.360. The summed E-state index contributed by atoms with van der Waals surface area (Å²) in [6, 6.07) is 2.00. The van der Waals surface area contributed by atoms with Gasteiger partial charge in [0, 0.05) is 40.1 Å². The lowest BCUT2D eigenvalue weighted by Crippen LogP contribution is -2.43. The average molecular weight is 321 g/mol. The normalized spacial score (nSPS) is 17.4. The molecule has 0 aromatic carbocycles. The van der Waals surface area contributed by atoms with Crippen molar-refractivity contribution in [2.75, 3.05) is 26.8 Å². The van der Waals surface area contributed by atoms with Crippen molar-refractivity contribution in [2.24, 2.45) is 17.5 Å². The van der Waals surface area contributed by atoms with Crippen molar-refractivity contribution in [3.05, 3.63) is 18.0 Å². The topological polar surface area (TPSA) is 63.5 Å². The van der Waals surface area contributed by atoms with Gasteiger partial charge in [-0.15, -0.1) is 0 Å². The first-order chi connectivity index (χ1) is 11.2. The predicted molar refractivity (Wildman–Crippen MR) is 93.4 cm³/mol. The number of methoxy groups -OCH3 is 1. The number of guanidine groups is 1. The third-order valence-corrected chi connectivity index (χ3v) is 4.80. The summed E-state index contributed by atoms with van der Waals surface area (Å²) in [4.78, 5) is 4.69. The van der Waals surface area contributed by atoms with E-state index in [1.165, 1.54) is 25.7 Å². The molecular weight excluding hydrogens is 290 g/mol. The van der Waals surface area contributed by atoms with Crippen molar-refractivity contribution in [2.45, 2.75) is 45.6 Å². The van der Waals surface area contributed by atoms with Crippen LogP contribution in [0.25, 0.3) is 0 Å². The number of nitrogens with one attached hydrogen (secondary N) is 2. The Labute approximate surface area is 139 Å². The number of aryl methyl sites for hydroxylation is 1. The van der Waals surface area contributed by atoms with E-state index in [4.69, 9.17) is 9.73 Å². The lowest BCUT2D eigenvalue weighted by atomic mass is 9.83. The van der Waals surface area contributed by atoms with E-state index in [-0.39, 0.29) is 0 Å². The summed E-state index contributed by atoms with van der Waals surface area (Å²) < 4.78 is 7.17. The van der Waals surface area contributed by atoms with Crippen LogP contribution in [-0.4, -0.2) is 42.5 Å². The zero-order valence-corrected chi connectivity index (χ0v) is 14.8. The smallest absolute Gasteiger partial charge is 0.191 e. The Kier molecular flexibility index (Phi) is 6.89. The Bertz CT molecular complexity index is 491. The molecule has 6 nitrogen and oxygen atoms in total. The maximum Gasteiger partial charge on any atom is 0.191 e. The van der Waals surface area contributed by atoms with Gasteiger partial charge < -0.3 is 15.4 Å². The molecule has 2 N–H and O–H groups in total. The monoisotopic (exact) mass is 321 g/mol. The molecule has 0 radical (unpaired) electrons. The Hall–Kier alpha value is -1.56. The lowest BCUT2D eigenvalue weighted by Gasteiger charge is -2.30. The maximum atomic E-state index is 5.31. The van der Waals surface area contributed by atoms with Crippen LogP contribution in [0.2, 0.25) is 0 Å². The van der Waals surface area contributed by atoms with Crippen LogP contribution in [-0.2, 0) is 18.3 Å². The molecule has 1 fully saturated rings.